The van der Waals surface area contributed by atoms with Crippen molar-refractivity contribution in [2.24, 2.45) is 0 Å². The van der Waals surface area contributed by atoms with Gasteiger partial charge < -0.3 is 0 Å². The molecule has 19 heavy (non-hydrogen) atoms. The molecular formula is C15H23NO2S. The number of sulfonamides is 1. The molecule has 1 aromatic rings. The molecule has 2 rings (SSSR count). The van der Waals surface area contributed by atoms with Crippen molar-refractivity contribution in [2.75, 3.05) is 7.05 Å². The van der Waals surface area contributed by atoms with Crippen LogP contribution in [0.2, 0.25) is 0 Å². The number of hydrogen-bond donors (Lipinski definition) is 0. The first-order valence-corrected chi connectivity index (χ1v) is 8.45. The smallest absolute Gasteiger partial charge is 0.207 e. The van der Waals surface area contributed by atoms with Gasteiger partial charge in [-0.1, -0.05) is 38.8 Å². The molecular weight excluding hydrogens is 258 g/mol. The van der Waals surface area contributed by atoms with Gasteiger partial charge in [0.2, 0.25) is 10.0 Å². The van der Waals surface area contributed by atoms with E-state index in [0.717, 1.165) is 25.7 Å². The summed E-state index contributed by atoms with van der Waals surface area (Å²) in [7, 11) is -1.62. The van der Waals surface area contributed by atoms with Crippen LogP contribution in [0, 0.1) is 0 Å². The predicted molar refractivity (Wildman–Crippen MR) is 77.7 cm³/mol. The predicted octanol–water partition coefficient (Wildman–Crippen LogP) is 3.37. The van der Waals surface area contributed by atoms with Gasteiger partial charge >= 0.3 is 0 Å². The largest absolute Gasteiger partial charge is 0.243 e. The first-order chi connectivity index (χ1) is 8.93. The molecule has 0 spiro atoms. The van der Waals surface area contributed by atoms with Crippen molar-refractivity contribution in [1.82, 2.24) is 4.31 Å². The van der Waals surface area contributed by atoms with Crippen LogP contribution in [0.4, 0.5) is 0 Å². The molecule has 0 radical (unpaired) electrons. The molecule has 1 aliphatic carbocycles. The lowest BCUT2D eigenvalue weighted by Gasteiger charge is -2.23. The SMILES string of the molecule is CC(C)c1ccc(S(=O)(=O)N(C)C2CCCC2)cc1. The Bertz CT molecular complexity index is 514. The number of rotatable bonds is 4. The Morgan fingerprint density at radius 1 is 1.11 bits per heavy atom. The van der Waals surface area contributed by atoms with Gasteiger partial charge in [0.05, 0.1) is 4.90 Å². The maximum atomic E-state index is 12.5. The Kier molecular flexibility index (Phi) is 4.31. The van der Waals surface area contributed by atoms with E-state index in [-0.39, 0.29) is 6.04 Å². The Morgan fingerprint density at radius 3 is 2.11 bits per heavy atom. The number of nitrogens with zero attached hydrogens (tertiary/aromatic N) is 1. The molecule has 1 saturated carbocycles. The molecule has 0 bridgehead atoms. The standard InChI is InChI=1S/C15H23NO2S/c1-12(2)13-8-10-15(11-9-13)19(17,18)16(3)14-6-4-5-7-14/h8-12,14H,4-7H2,1-3H3. The van der Waals surface area contributed by atoms with Crippen LogP contribution in [0.15, 0.2) is 29.2 Å². The van der Waals surface area contributed by atoms with Crippen LogP contribution < -0.4 is 0 Å². The highest BCUT2D eigenvalue weighted by atomic mass is 32.2. The number of benzene rings is 1. The van der Waals surface area contributed by atoms with E-state index in [1.54, 1.807) is 23.5 Å². The van der Waals surface area contributed by atoms with Crippen LogP contribution >= 0.6 is 0 Å². The molecule has 1 fully saturated rings. The van der Waals surface area contributed by atoms with Crippen LogP contribution in [0.3, 0.4) is 0 Å². The fourth-order valence-electron chi connectivity index (χ4n) is 2.66. The second-order valence-electron chi connectivity index (χ2n) is 5.68. The first-order valence-electron chi connectivity index (χ1n) is 7.01. The van der Waals surface area contributed by atoms with Crippen LogP contribution in [0.25, 0.3) is 0 Å². The summed E-state index contributed by atoms with van der Waals surface area (Å²) in [5, 5.41) is 0. The topological polar surface area (TPSA) is 37.4 Å². The zero-order valence-electron chi connectivity index (χ0n) is 12.0. The average Bonchev–Trinajstić information content (AvgIpc) is 2.91. The Balaban J connectivity index is 2.23. The van der Waals surface area contributed by atoms with Gasteiger partial charge in [-0.15, -0.1) is 0 Å². The van der Waals surface area contributed by atoms with Gasteiger partial charge in [-0.05, 0) is 36.5 Å². The second kappa shape index (κ2) is 5.63. The monoisotopic (exact) mass is 281 g/mol. The molecule has 0 unspecified atom stereocenters. The molecule has 0 aromatic heterocycles. The molecule has 0 saturated heterocycles. The van der Waals surface area contributed by atoms with Gasteiger partial charge in [-0.2, -0.15) is 4.31 Å². The first kappa shape index (κ1) is 14.5. The van der Waals surface area contributed by atoms with Crippen LogP contribution in [0.1, 0.15) is 51.0 Å². The van der Waals surface area contributed by atoms with Gasteiger partial charge in [0, 0.05) is 13.1 Å². The Labute approximate surface area is 116 Å². The van der Waals surface area contributed by atoms with E-state index >= 15 is 0 Å². The van der Waals surface area contributed by atoms with Crippen LogP contribution in [-0.2, 0) is 10.0 Å². The minimum absolute atomic E-state index is 0.176. The average molecular weight is 281 g/mol. The van der Waals surface area contributed by atoms with Gasteiger partial charge in [-0.25, -0.2) is 8.42 Å². The fraction of sp³-hybridized carbons (Fsp3) is 0.600. The van der Waals surface area contributed by atoms with E-state index in [0.29, 0.717) is 10.8 Å². The molecule has 1 aromatic carbocycles. The molecule has 1 aliphatic rings. The lowest BCUT2D eigenvalue weighted by Crippen LogP contribution is -2.35. The van der Waals surface area contributed by atoms with Crippen molar-refractivity contribution in [3.63, 3.8) is 0 Å². The van der Waals surface area contributed by atoms with E-state index in [9.17, 15) is 8.42 Å². The summed E-state index contributed by atoms with van der Waals surface area (Å²) >= 11 is 0. The molecule has 0 aliphatic heterocycles. The quantitative estimate of drug-likeness (QED) is 0.848. The lowest BCUT2D eigenvalue weighted by atomic mass is 10.0. The molecule has 106 valence electrons. The minimum atomic E-state index is -3.33. The summed E-state index contributed by atoms with van der Waals surface area (Å²) in [6, 6.07) is 7.47. The maximum Gasteiger partial charge on any atom is 0.243 e. The zero-order chi connectivity index (χ0) is 14.0. The third-order valence-corrected chi connectivity index (χ3v) is 5.99. The molecule has 0 N–H and O–H groups in total. The van der Waals surface area contributed by atoms with Crippen molar-refractivity contribution >= 4 is 10.0 Å². The van der Waals surface area contributed by atoms with Gasteiger partial charge in [0.15, 0.2) is 0 Å². The van der Waals surface area contributed by atoms with E-state index < -0.39 is 10.0 Å². The summed E-state index contributed by atoms with van der Waals surface area (Å²) in [6.07, 6.45) is 4.24. The summed E-state index contributed by atoms with van der Waals surface area (Å²) in [4.78, 5) is 0.409. The fourth-order valence-corrected chi connectivity index (χ4v) is 4.07. The third kappa shape index (κ3) is 3.00. The summed E-state index contributed by atoms with van der Waals surface area (Å²) in [5.74, 6) is 0.421. The van der Waals surface area contributed by atoms with Crippen molar-refractivity contribution < 1.29 is 8.42 Å². The minimum Gasteiger partial charge on any atom is -0.207 e. The summed E-state index contributed by atoms with van der Waals surface area (Å²) in [6.45, 7) is 4.21. The van der Waals surface area contributed by atoms with Crippen molar-refractivity contribution in [3.8, 4) is 0 Å². The van der Waals surface area contributed by atoms with E-state index in [4.69, 9.17) is 0 Å². The summed E-state index contributed by atoms with van der Waals surface area (Å²) in [5.41, 5.74) is 1.17. The van der Waals surface area contributed by atoms with Crippen molar-refractivity contribution in [3.05, 3.63) is 29.8 Å². The highest BCUT2D eigenvalue weighted by molar-refractivity contribution is 7.89. The van der Waals surface area contributed by atoms with Gasteiger partial charge in [-0.3, -0.25) is 0 Å². The number of hydrogen-bond acceptors (Lipinski definition) is 2. The Morgan fingerprint density at radius 2 is 1.63 bits per heavy atom. The van der Waals surface area contributed by atoms with E-state index in [2.05, 4.69) is 13.8 Å². The lowest BCUT2D eigenvalue weighted by molar-refractivity contribution is 0.373. The van der Waals surface area contributed by atoms with E-state index in [1.807, 2.05) is 12.1 Å². The van der Waals surface area contributed by atoms with Crippen LogP contribution in [-0.4, -0.2) is 25.8 Å². The highest BCUT2D eigenvalue weighted by Crippen LogP contribution is 2.27. The molecule has 0 atom stereocenters. The molecule has 3 nitrogen and oxygen atoms in total. The molecule has 0 amide bonds. The normalized spacial score (nSPS) is 17.5. The molecule has 4 heteroatoms. The Hall–Kier alpha value is -0.870. The van der Waals surface area contributed by atoms with Crippen molar-refractivity contribution in [1.29, 1.82) is 0 Å². The van der Waals surface area contributed by atoms with E-state index in [1.165, 1.54) is 5.56 Å². The zero-order valence-corrected chi connectivity index (χ0v) is 12.8. The molecule has 0 heterocycles. The van der Waals surface area contributed by atoms with Gasteiger partial charge in [0.25, 0.3) is 0 Å². The maximum absolute atomic E-state index is 12.5. The van der Waals surface area contributed by atoms with Gasteiger partial charge in [0.1, 0.15) is 0 Å². The summed E-state index contributed by atoms with van der Waals surface area (Å²) < 4.78 is 26.6. The highest BCUT2D eigenvalue weighted by Gasteiger charge is 2.29. The van der Waals surface area contributed by atoms with Crippen molar-refractivity contribution in [2.45, 2.75) is 56.4 Å². The van der Waals surface area contributed by atoms with Crippen LogP contribution in [0.5, 0.6) is 0 Å². The third-order valence-electron chi connectivity index (χ3n) is 4.06. The second-order valence-corrected chi connectivity index (χ2v) is 7.68.